The minimum atomic E-state index is 0.523. The minimum absolute atomic E-state index is 0.523. The molecular formula is C20H30N2. The molecule has 0 amide bonds. The summed E-state index contributed by atoms with van der Waals surface area (Å²) < 4.78 is 0. The Labute approximate surface area is 135 Å². The normalized spacial score (nSPS) is 10.5. The number of nitrogen functional groups attached to an aromatic ring is 2. The lowest BCUT2D eigenvalue weighted by atomic mass is 9.99. The van der Waals surface area contributed by atoms with Crippen LogP contribution in [0, 0.1) is 13.8 Å². The Morgan fingerprint density at radius 2 is 0.955 bits per heavy atom. The predicted molar refractivity (Wildman–Crippen MR) is 99.4 cm³/mol. The number of rotatable bonds is 2. The molecular weight excluding hydrogens is 268 g/mol. The summed E-state index contributed by atoms with van der Waals surface area (Å²) in [7, 11) is 0. The lowest BCUT2D eigenvalue weighted by molar-refractivity contribution is 0.868. The van der Waals surface area contributed by atoms with Gasteiger partial charge in [0, 0.05) is 11.4 Å². The van der Waals surface area contributed by atoms with E-state index in [0.717, 1.165) is 11.4 Å². The van der Waals surface area contributed by atoms with Gasteiger partial charge in [0.05, 0.1) is 0 Å². The van der Waals surface area contributed by atoms with Crippen LogP contribution in [0.2, 0.25) is 0 Å². The van der Waals surface area contributed by atoms with E-state index in [9.17, 15) is 0 Å². The number of hydrogen-bond acceptors (Lipinski definition) is 2. The summed E-state index contributed by atoms with van der Waals surface area (Å²) >= 11 is 0. The molecule has 0 heterocycles. The molecule has 2 heteroatoms. The van der Waals surface area contributed by atoms with Crippen molar-refractivity contribution < 1.29 is 0 Å². The topological polar surface area (TPSA) is 52.0 Å². The first-order chi connectivity index (χ1) is 10.3. The van der Waals surface area contributed by atoms with Gasteiger partial charge in [-0.05, 0) is 47.9 Å². The summed E-state index contributed by atoms with van der Waals surface area (Å²) in [4.78, 5) is 0. The van der Waals surface area contributed by atoms with E-state index in [2.05, 4.69) is 52.0 Å². The highest BCUT2D eigenvalue weighted by Gasteiger charge is 2.04. The number of aryl methyl sites for hydroxylation is 2. The standard InChI is InChI=1S/2C10H15N/c2*1-7(2)9-6-4-5-8(3)10(9)11/h2*4-7H,11H2,1-3H3. The third-order valence-corrected chi connectivity index (χ3v) is 3.96. The molecule has 2 rings (SSSR count). The number of nitrogens with two attached hydrogens (primary N) is 2. The summed E-state index contributed by atoms with van der Waals surface area (Å²) in [5.74, 6) is 1.05. The molecule has 4 N–H and O–H groups in total. The minimum Gasteiger partial charge on any atom is -0.398 e. The highest BCUT2D eigenvalue weighted by atomic mass is 14.6. The SMILES string of the molecule is Cc1cccc(C(C)C)c1N.Cc1cccc(C(C)C)c1N. The van der Waals surface area contributed by atoms with Gasteiger partial charge in [0.1, 0.15) is 0 Å². The number of benzene rings is 2. The summed E-state index contributed by atoms with van der Waals surface area (Å²) in [5.41, 5.74) is 18.5. The molecule has 0 spiro atoms. The van der Waals surface area contributed by atoms with Crippen molar-refractivity contribution in [3.63, 3.8) is 0 Å². The van der Waals surface area contributed by atoms with Crippen molar-refractivity contribution in [2.24, 2.45) is 0 Å². The Balaban J connectivity index is 0.000000220. The van der Waals surface area contributed by atoms with E-state index in [-0.39, 0.29) is 0 Å². The highest BCUT2D eigenvalue weighted by Crippen LogP contribution is 2.24. The maximum atomic E-state index is 5.88. The van der Waals surface area contributed by atoms with Crippen LogP contribution in [0.1, 0.15) is 61.8 Å². The summed E-state index contributed by atoms with van der Waals surface area (Å²) in [6.45, 7) is 12.7. The second kappa shape index (κ2) is 7.88. The zero-order valence-electron chi connectivity index (χ0n) is 14.8. The average molecular weight is 298 g/mol. The fraction of sp³-hybridized carbons (Fsp3) is 0.400. The van der Waals surface area contributed by atoms with Gasteiger partial charge in [0.25, 0.3) is 0 Å². The van der Waals surface area contributed by atoms with E-state index >= 15 is 0 Å². The highest BCUT2D eigenvalue weighted by molar-refractivity contribution is 5.55. The zero-order chi connectivity index (χ0) is 16.9. The van der Waals surface area contributed by atoms with Gasteiger partial charge in [-0.2, -0.15) is 0 Å². The van der Waals surface area contributed by atoms with Gasteiger partial charge in [-0.3, -0.25) is 0 Å². The Bertz CT molecular complexity index is 558. The van der Waals surface area contributed by atoms with Crippen molar-refractivity contribution in [2.45, 2.75) is 53.4 Å². The molecule has 0 aliphatic carbocycles. The van der Waals surface area contributed by atoms with Crippen LogP contribution < -0.4 is 11.5 Å². The Hall–Kier alpha value is -1.96. The van der Waals surface area contributed by atoms with Crippen LogP contribution in [0.25, 0.3) is 0 Å². The second-order valence-corrected chi connectivity index (χ2v) is 6.47. The van der Waals surface area contributed by atoms with Gasteiger partial charge in [0.15, 0.2) is 0 Å². The lowest BCUT2D eigenvalue weighted by Crippen LogP contribution is -1.98. The molecule has 0 aliphatic heterocycles. The number of hydrogen-bond donors (Lipinski definition) is 2. The van der Waals surface area contributed by atoms with Crippen LogP contribution in [0.3, 0.4) is 0 Å². The van der Waals surface area contributed by atoms with Gasteiger partial charge in [0.2, 0.25) is 0 Å². The van der Waals surface area contributed by atoms with Crippen molar-refractivity contribution in [2.75, 3.05) is 11.5 Å². The van der Waals surface area contributed by atoms with E-state index in [4.69, 9.17) is 11.5 Å². The van der Waals surface area contributed by atoms with Crippen LogP contribution in [0.4, 0.5) is 11.4 Å². The van der Waals surface area contributed by atoms with Gasteiger partial charge in [-0.25, -0.2) is 0 Å². The smallest absolute Gasteiger partial charge is 0.0378 e. The molecule has 2 aromatic rings. The largest absolute Gasteiger partial charge is 0.398 e. The molecule has 0 atom stereocenters. The first-order valence-electron chi connectivity index (χ1n) is 7.95. The van der Waals surface area contributed by atoms with E-state index in [1.54, 1.807) is 0 Å². The Morgan fingerprint density at radius 1 is 0.636 bits per heavy atom. The third kappa shape index (κ3) is 4.52. The van der Waals surface area contributed by atoms with E-state index in [1.165, 1.54) is 22.3 Å². The molecule has 0 aromatic heterocycles. The van der Waals surface area contributed by atoms with Crippen LogP contribution >= 0.6 is 0 Å². The van der Waals surface area contributed by atoms with Crippen molar-refractivity contribution in [3.8, 4) is 0 Å². The Morgan fingerprint density at radius 3 is 1.18 bits per heavy atom. The maximum absolute atomic E-state index is 5.88. The molecule has 0 fully saturated rings. The van der Waals surface area contributed by atoms with Crippen molar-refractivity contribution >= 4 is 11.4 Å². The molecule has 2 aromatic carbocycles. The first-order valence-corrected chi connectivity index (χ1v) is 7.95. The average Bonchev–Trinajstić information content (AvgIpc) is 2.45. The maximum Gasteiger partial charge on any atom is 0.0378 e. The van der Waals surface area contributed by atoms with Crippen LogP contribution in [-0.4, -0.2) is 0 Å². The summed E-state index contributed by atoms with van der Waals surface area (Å²) in [5, 5.41) is 0. The van der Waals surface area contributed by atoms with Crippen molar-refractivity contribution in [3.05, 3.63) is 58.7 Å². The molecule has 0 bridgehead atoms. The van der Waals surface area contributed by atoms with Crippen LogP contribution in [-0.2, 0) is 0 Å². The second-order valence-electron chi connectivity index (χ2n) is 6.47. The molecule has 22 heavy (non-hydrogen) atoms. The summed E-state index contributed by atoms with van der Waals surface area (Å²) in [6, 6.07) is 12.4. The molecule has 0 saturated carbocycles. The fourth-order valence-corrected chi connectivity index (χ4v) is 2.41. The van der Waals surface area contributed by atoms with E-state index < -0.39 is 0 Å². The van der Waals surface area contributed by atoms with Crippen LogP contribution in [0.15, 0.2) is 36.4 Å². The molecule has 2 nitrogen and oxygen atoms in total. The lowest BCUT2D eigenvalue weighted by Gasteiger charge is -2.10. The van der Waals surface area contributed by atoms with E-state index in [1.807, 2.05) is 26.0 Å². The summed E-state index contributed by atoms with van der Waals surface area (Å²) in [6.07, 6.45) is 0. The van der Waals surface area contributed by atoms with Crippen LogP contribution in [0.5, 0.6) is 0 Å². The molecule has 0 saturated heterocycles. The first kappa shape index (κ1) is 18.1. The molecule has 120 valence electrons. The molecule has 0 radical (unpaired) electrons. The fourth-order valence-electron chi connectivity index (χ4n) is 2.41. The van der Waals surface area contributed by atoms with Crippen molar-refractivity contribution in [1.82, 2.24) is 0 Å². The predicted octanol–water partition coefficient (Wildman–Crippen LogP) is 5.40. The third-order valence-electron chi connectivity index (χ3n) is 3.96. The quantitative estimate of drug-likeness (QED) is 0.729. The van der Waals surface area contributed by atoms with Crippen molar-refractivity contribution in [1.29, 1.82) is 0 Å². The van der Waals surface area contributed by atoms with Gasteiger partial charge < -0.3 is 11.5 Å². The van der Waals surface area contributed by atoms with Gasteiger partial charge in [-0.1, -0.05) is 64.1 Å². The van der Waals surface area contributed by atoms with Gasteiger partial charge >= 0.3 is 0 Å². The van der Waals surface area contributed by atoms with E-state index in [0.29, 0.717) is 11.8 Å². The Kier molecular flexibility index (Phi) is 6.48. The monoisotopic (exact) mass is 298 g/mol. The number of para-hydroxylation sites is 2. The molecule has 0 unspecified atom stereocenters. The zero-order valence-corrected chi connectivity index (χ0v) is 14.8. The molecule has 0 aliphatic rings. The number of anilines is 2. The van der Waals surface area contributed by atoms with Gasteiger partial charge in [-0.15, -0.1) is 0 Å².